The summed E-state index contributed by atoms with van der Waals surface area (Å²) in [5, 5.41) is 9.94. The Bertz CT molecular complexity index is 384. The van der Waals surface area contributed by atoms with Crippen molar-refractivity contribution in [2.45, 2.75) is 72.5 Å². The van der Waals surface area contributed by atoms with E-state index in [1.807, 2.05) is 13.8 Å². The normalized spacial score (nSPS) is 17.7. The van der Waals surface area contributed by atoms with E-state index in [-0.39, 0.29) is 30.1 Å². The van der Waals surface area contributed by atoms with E-state index in [1.54, 1.807) is 13.2 Å². The van der Waals surface area contributed by atoms with Gasteiger partial charge in [0.2, 0.25) is 0 Å². The molecule has 0 amide bonds. The third-order valence-corrected chi connectivity index (χ3v) is 4.31. The third-order valence-electron chi connectivity index (χ3n) is 4.31. The lowest BCUT2D eigenvalue weighted by atomic mass is 9.89. The molecule has 0 aromatic heterocycles. The molecule has 0 fully saturated rings. The highest BCUT2D eigenvalue weighted by Crippen LogP contribution is 2.22. The molecule has 0 unspecified atom stereocenters. The largest absolute Gasteiger partial charge is 0.392 e. The smallest absolute Gasteiger partial charge is 0.142 e. The van der Waals surface area contributed by atoms with Crippen LogP contribution in [0.2, 0.25) is 0 Å². The number of allylic oxidation sites excluding steroid dienone is 3. The van der Waals surface area contributed by atoms with Gasteiger partial charge in [-0.15, -0.1) is 6.58 Å². The van der Waals surface area contributed by atoms with Gasteiger partial charge in [0.05, 0.1) is 12.2 Å². The molecule has 3 nitrogen and oxygen atoms in total. The summed E-state index contributed by atoms with van der Waals surface area (Å²) in [6.45, 7) is 14.0. The van der Waals surface area contributed by atoms with Crippen LogP contribution in [0.25, 0.3) is 0 Å². The van der Waals surface area contributed by atoms with Gasteiger partial charge in [-0.25, -0.2) is 0 Å². The fourth-order valence-electron chi connectivity index (χ4n) is 2.77. The molecule has 0 saturated heterocycles. The molecule has 0 aliphatic carbocycles. The van der Waals surface area contributed by atoms with Crippen molar-refractivity contribution < 1.29 is 14.6 Å². The zero-order valence-corrected chi connectivity index (χ0v) is 15.8. The van der Waals surface area contributed by atoms with E-state index in [2.05, 4.69) is 33.4 Å². The average Bonchev–Trinajstić information content (AvgIpc) is 2.45. The van der Waals surface area contributed by atoms with E-state index in [1.165, 1.54) is 5.57 Å². The van der Waals surface area contributed by atoms with E-state index in [0.29, 0.717) is 12.3 Å². The molecule has 0 aromatic carbocycles. The molecule has 1 N–H and O–H groups in total. The first-order valence-corrected chi connectivity index (χ1v) is 8.72. The summed E-state index contributed by atoms with van der Waals surface area (Å²) in [6.07, 6.45) is 6.35. The maximum absolute atomic E-state index is 12.4. The fraction of sp³-hybridized carbons (Fsp3) is 0.750. The number of carbonyl (C=O) groups excluding carboxylic acids is 1. The van der Waals surface area contributed by atoms with Crippen molar-refractivity contribution in [2.75, 3.05) is 7.11 Å². The first-order chi connectivity index (χ1) is 10.7. The van der Waals surface area contributed by atoms with Gasteiger partial charge in [-0.1, -0.05) is 38.5 Å². The second-order valence-corrected chi connectivity index (χ2v) is 7.22. The van der Waals surface area contributed by atoms with Crippen molar-refractivity contribution in [3.05, 3.63) is 24.3 Å². The van der Waals surface area contributed by atoms with Gasteiger partial charge >= 0.3 is 0 Å². The van der Waals surface area contributed by atoms with Crippen molar-refractivity contribution >= 4 is 5.78 Å². The monoisotopic (exact) mass is 324 g/mol. The van der Waals surface area contributed by atoms with Crippen LogP contribution < -0.4 is 0 Å². The minimum absolute atomic E-state index is 0.100. The summed E-state index contributed by atoms with van der Waals surface area (Å²) >= 11 is 0. The lowest BCUT2D eigenvalue weighted by molar-refractivity contribution is -0.123. The van der Waals surface area contributed by atoms with Gasteiger partial charge in [0.15, 0.2) is 0 Å². The number of carbonyl (C=O) groups is 1. The number of methoxy groups -OCH3 is 1. The zero-order valence-electron chi connectivity index (χ0n) is 15.8. The highest BCUT2D eigenvalue weighted by molar-refractivity contribution is 5.83. The van der Waals surface area contributed by atoms with Crippen LogP contribution in [0.3, 0.4) is 0 Å². The lowest BCUT2D eigenvalue weighted by Gasteiger charge is -2.19. The summed E-state index contributed by atoms with van der Waals surface area (Å²) in [7, 11) is 1.74. The van der Waals surface area contributed by atoms with Crippen LogP contribution >= 0.6 is 0 Å². The van der Waals surface area contributed by atoms with Gasteiger partial charge < -0.3 is 9.84 Å². The molecule has 0 radical (unpaired) electrons. The molecule has 0 aromatic rings. The first kappa shape index (κ1) is 22.1. The van der Waals surface area contributed by atoms with Crippen molar-refractivity contribution in [2.24, 2.45) is 17.8 Å². The number of hydrogen-bond donors (Lipinski definition) is 1. The highest BCUT2D eigenvalue weighted by atomic mass is 16.5. The van der Waals surface area contributed by atoms with E-state index < -0.39 is 6.10 Å². The quantitative estimate of drug-likeness (QED) is 0.536. The molecular formula is C20H36O3. The highest BCUT2D eigenvalue weighted by Gasteiger charge is 2.21. The van der Waals surface area contributed by atoms with Crippen LogP contribution in [0.5, 0.6) is 0 Å². The third kappa shape index (κ3) is 9.72. The molecule has 0 bridgehead atoms. The fourth-order valence-corrected chi connectivity index (χ4v) is 2.77. The SMILES string of the molecule is C=CC[C@H](/C=C(\C)C[C@H](C)C[C@@H](C)OC)C(=O)C[C@H](O)C(C)C. The number of aliphatic hydroxyl groups excluding tert-OH is 1. The second kappa shape index (κ2) is 11.6. The first-order valence-electron chi connectivity index (χ1n) is 8.72. The average molecular weight is 325 g/mol. The van der Waals surface area contributed by atoms with E-state index in [9.17, 15) is 9.90 Å². The van der Waals surface area contributed by atoms with Crippen molar-refractivity contribution in [1.82, 2.24) is 0 Å². The predicted octanol–water partition coefficient (Wildman–Crippen LogP) is 4.55. The summed E-state index contributed by atoms with van der Waals surface area (Å²) in [5.41, 5.74) is 1.22. The molecular weight excluding hydrogens is 288 g/mol. The van der Waals surface area contributed by atoms with Gasteiger partial charge in [-0.05, 0) is 44.9 Å². The molecule has 23 heavy (non-hydrogen) atoms. The van der Waals surface area contributed by atoms with Crippen molar-refractivity contribution in [3.8, 4) is 0 Å². The standard InChI is InChI=1S/C20H36O3/c1-8-9-18(20(22)13-19(21)14(2)3)12-16(5)10-15(4)11-17(6)23-7/h8,12,14-15,17-19,21H,1,9-11,13H2,2-7H3/b16-12+/t15-,17+,18+,19-/m0/s1. The topological polar surface area (TPSA) is 46.5 Å². The van der Waals surface area contributed by atoms with Gasteiger partial charge in [-0.2, -0.15) is 0 Å². The number of aliphatic hydroxyl groups is 1. The molecule has 0 spiro atoms. The Balaban J connectivity index is 4.75. The summed E-state index contributed by atoms with van der Waals surface area (Å²) < 4.78 is 5.31. The molecule has 0 rings (SSSR count). The molecule has 0 aliphatic heterocycles. The minimum atomic E-state index is -0.565. The Hall–Kier alpha value is -0.930. The molecule has 134 valence electrons. The van der Waals surface area contributed by atoms with Gasteiger partial charge in [0.1, 0.15) is 5.78 Å². The Morgan fingerprint density at radius 2 is 1.83 bits per heavy atom. The van der Waals surface area contributed by atoms with E-state index in [0.717, 1.165) is 12.8 Å². The predicted molar refractivity (Wildman–Crippen MR) is 97.4 cm³/mol. The number of ether oxygens (including phenoxy) is 1. The Kier molecular flexibility index (Phi) is 11.1. The van der Waals surface area contributed by atoms with Crippen LogP contribution in [-0.4, -0.2) is 30.2 Å². The van der Waals surface area contributed by atoms with Crippen LogP contribution in [0.1, 0.15) is 60.3 Å². The van der Waals surface area contributed by atoms with Gasteiger partial charge in [-0.3, -0.25) is 4.79 Å². The lowest BCUT2D eigenvalue weighted by Crippen LogP contribution is -2.23. The van der Waals surface area contributed by atoms with Crippen LogP contribution in [0, 0.1) is 17.8 Å². The molecule has 3 heteroatoms. The Morgan fingerprint density at radius 1 is 1.22 bits per heavy atom. The van der Waals surface area contributed by atoms with Crippen LogP contribution in [-0.2, 0) is 9.53 Å². The van der Waals surface area contributed by atoms with E-state index in [4.69, 9.17) is 4.74 Å². The second-order valence-electron chi connectivity index (χ2n) is 7.22. The minimum Gasteiger partial charge on any atom is -0.392 e. The van der Waals surface area contributed by atoms with Gasteiger partial charge in [0, 0.05) is 19.4 Å². The Morgan fingerprint density at radius 3 is 2.30 bits per heavy atom. The number of Topliss-reactive ketones (excluding diaryl/α,β-unsaturated/α-hetero) is 1. The van der Waals surface area contributed by atoms with Crippen molar-refractivity contribution in [3.63, 3.8) is 0 Å². The maximum atomic E-state index is 12.4. The maximum Gasteiger partial charge on any atom is 0.142 e. The zero-order chi connectivity index (χ0) is 18.0. The summed E-state index contributed by atoms with van der Waals surface area (Å²) in [4.78, 5) is 12.4. The number of rotatable bonds is 12. The summed E-state index contributed by atoms with van der Waals surface area (Å²) in [6, 6.07) is 0. The van der Waals surface area contributed by atoms with Crippen LogP contribution in [0.4, 0.5) is 0 Å². The van der Waals surface area contributed by atoms with Gasteiger partial charge in [0.25, 0.3) is 0 Å². The number of hydrogen-bond acceptors (Lipinski definition) is 3. The van der Waals surface area contributed by atoms with Crippen LogP contribution in [0.15, 0.2) is 24.3 Å². The molecule has 0 saturated carbocycles. The summed E-state index contributed by atoms with van der Waals surface area (Å²) in [5.74, 6) is 0.544. The van der Waals surface area contributed by atoms with E-state index >= 15 is 0 Å². The number of ketones is 1. The van der Waals surface area contributed by atoms with Crippen molar-refractivity contribution in [1.29, 1.82) is 0 Å². The molecule has 0 heterocycles. The molecule has 0 aliphatic rings. The molecule has 4 atom stereocenters. The Labute approximate surface area is 142 Å².